The van der Waals surface area contributed by atoms with Gasteiger partial charge < -0.3 is 9.26 Å². The first-order chi connectivity index (χ1) is 15.9. The second kappa shape index (κ2) is 8.80. The van der Waals surface area contributed by atoms with Crippen LogP contribution < -0.4 is 4.74 Å². The number of rotatable bonds is 7. The van der Waals surface area contributed by atoms with Crippen molar-refractivity contribution < 1.29 is 17.7 Å². The minimum Gasteiger partial charge on any atom is -0.488 e. The molecule has 0 bridgehead atoms. The Kier molecular flexibility index (Phi) is 5.70. The average Bonchev–Trinajstić information content (AvgIpc) is 3.27. The van der Waals surface area contributed by atoms with E-state index in [1.165, 1.54) is 6.07 Å². The molecule has 5 rings (SSSR count). The predicted octanol–water partition coefficient (Wildman–Crippen LogP) is 4.07. The van der Waals surface area contributed by atoms with E-state index in [1.807, 2.05) is 60.7 Å². The van der Waals surface area contributed by atoms with Crippen LogP contribution in [0.4, 0.5) is 0 Å². The lowest BCUT2D eigenvalue weighted by Gasteiger charge is -2.38. The largest absolute Gasteiger partial charge is 0.488 e. The molecule has 1 fully saturated rings. The molecule has 33 heavy (non-hydrogen) atoms. The van der Waals surface area contributed by atoms with Crippen LogP contribution in [-0.2, 0) is 16.4 Å². The van der Waals surface area contributed by atoms with Crippen LogP contribution >= 0.6 is 0 Å². The molecule has 1 aliphatic heterocycles. The van der Waals surface area contributed by atoms with E-state index in [2.05, 4.69) is 15.0 Å². The SMILES string of the molecule is CS(=O)(=O)c1ccc(-c2ccc(OC3CN(Cc4cc(-c5ccccc5)on4)C3)cc2)cn1. The summed E-state index contributed by atoms with van der Waals surface area (Å²) in [7, 11) is -3.30. The zero-order valence-corrected chi connectivity index (χ0v) is 18.9. The zero-order valence-electron chi connectivity index (χ0n) is 18.1. The number of sulfone groups is 1. The average molecular weight is 462 g/mol. The number of hydrogen-bond donors (Lipinski definition) is 0. The first kappa shape index (κ1) is 21.4. The van der Waals surface area contributed by atoms with Gasteiger partial charge in [-0.2, -0.15) is 0 Å². The number of ether oxygens (including phenoxy) is 1. The Labute approximate surface area is 192 Å². The summed E-state index contributed by atoms with van der Waals surface area (Å²) in [5.74, 6) is 1.58. The van der Waals surface area contributed by atoms with E-state index in [9.17, 15) is 8.42 Å². The standard InChI is InChI=1S/C25H23N3O4S/c1-33(29,30)25-12-9-20(14-26-25)18-7-10-22(11-8-18)31-23-16-28(17-23)15-21-13-24(32-27-21)19-5-3-2-4-6-19/h2-14,23H,15-17H2,1H3. The first-order valence-corrected chi connectivity index (χ1v) is 12.5. The number of likely N-dealkylation sites (tertiary alicyclic amines) is 1. The Morgan fingerprint density at radius 3 is 2.36 bits per heavy atom. The Morgan fingerprint density at radius 1 is 0.970 bits per heavy atom. The van der Waals surface area contributed by atoms with E-state index in [1.54, 1.807) is 12.3 Å². The highest BCUT2D eigenvalue weighted by Crippen LogP contribution is 2.26. The van der Waals surface area contributed by atoms with Crippen molar-refractivity contribution in [1.29, 1.82) is 0 Å². The first-order valence-electron chi connectivity index (χ1n) is 10.6. The van der Waals surface area contributed by atoms with E-state index in [0.717, 1.165) is 59.8 Å². The molecular weight excluding hydrogens is 438 g/mol. The van der Waals surface area contributed by atoms with Crippen LogP contribution in [0.1, 0.15) is 5.69 Å². The van der Waals surface area contributed by atoms with E-state index >= 15 is 0 Å². The molecule has 4 aromatic rings. The van der Waals surface area contributed by atoms with Crippen LogP contribution in [0.3, 0.4) is 0 Å². The lowest BCUT2D eigenvalue weighted by atomic mass is 10.1. The van der Waals surface area contributed by atoms with Gasteiger partial charge in [0.25, 0.3) is 0 Å². The number of pyridine rings is 1. The molecule has 3 heterocycles. The summed E-state index contributed by atoms with van der Waals surface area (Å²) in [6, 6.07) is 23.0. The molecular formula is C25H23N3O4S. The second-order valence-electron chi connectivity index (χ2n) is 8.16. The molecule has 2 aromatic heterocycles. The van der Waals surface area contributed by atoms with E-state index in [-0.39, 0.29) is 11.1 Å². The topological polar surface area (TPSA) is 85.5 Å². The van der Waals surface area contributed by atoms with Gasteiger partial charge in [-0.05, 0) is 29.8 Å². The number of nitrogens with zero attached hydrogens (tertiary/aromatic N) is 3. The highest BCUT2D eigenvalue weighted by molar-refractivity contribution is 7.90. The van der Waals surface area contributed by atoms with Crippen molar-refractivity contribution in [1.82, 2.24) is 15.0 Å². The molecule has 0 saturated carbocycles. The summed E-state index contributed by atoms with van der Waals surface area (Å²) in [5, 5.41) is 4.26. The number of hydrogen-bond acceptors (Lipinski definition) is 7. The lowest BCUT2D eigenvalue weighted by Crippen LogP contribution is -2.53. The van der Waals surface area contributed by atoms with Gasteiger partial charge >= 0.3 is 0 Å². The highest BCUT2D eigenvalue weighted by Gasteiger charge is 2.29. The fourth-order valence-corrected chi connectivity index (χ4v) is 4.33. The van der Waals surface area contributed by atoms with Gasteiger partial charge in [0, 0.05) is 49.3 Å². The Morgan fingerprint density at radius 2 is 1.70 bits per heavy atom. The van der Waals surface area contributed by atoms with E-state index < -0.39 is 9.84 Å². The van der Waals surface area contributed by atoms with Crippen molar-refractivity contribution in [2.75, 3.05) is 19.3 Å². The molecule has 8 heteroatoms. The third-order valence-corrected chi connectivity index (χ3v) is 6.53. The van der Waals surface area contributed by atoms with Gasteiger partial charge in [-0.15, -0.1) is 0 Å². The van der Waals surface area contributed by atoms with Crippen molar-refractivity contribution in [3.63, 3.8) is 0 Å². The Hall–Kier alpha value is -3.49. The summed E-state index contributed by atoms with van der Waals surface area (Å²) in [4.78, 5) is 6.31. The maximum atomic E-state index is 11.6. The summed E-state index contributed by atoms with van der Waals surface area (Å²) < 4.78 is 34.7. The molecule has 0 unspecified atom stereocenters. The fourth-order valence-electron chi connectivity index (χ4n) is 3.77. The maximum absolute atomic E-state index is 11.6. The molecule has 2 aromatic carbocycles. The molecule has 0 radical (unpaired) electrons. The smallest absolute Gasteiger partial charge is 0.192 e. The van der Waals surface area contributed by atoms with Crippen LogP contribution in [0.5, 0.6) is 5.75 Å². The Bertz CT molecular complexity index is 1330. The van der Waals surface area contributed by atoms with Gasteiger partial charge in [0.15, 0.2) is 20.6 Å². The molecule has 1 saturated heterocycles. The van der Waals surface area contributed by atoms with Gasteiger partial charge in [0.2, 0.25) is 0 Å². The van der Waals surface area contributed by atoms with E-state index in [0.29, 0.717) is 0 Å². The maximum Gasteiger partial charge on any atom is 0.192 e. The van der Waals surface area contributed by atoms with Crippen molar-refractivity contribution >= 4 is 9.84 Å². The summed E-state index contributed by atoms with van der Waals surface area (Å²) >= 11 is 0. The van der Waals surface area contributed by atoms with Crippen LogP contribution in [0.25, 0.3) is 22.5 Å². The third kappa shape index (κ3) is 4.97. The normalized spacial score (nSPS) is 14.7. The van der Waals surface area contributed by atoms with E-state index in [4.69, 9.17) is 9.26 Å². The monoisotopic (exact) mass is 461 g/mol. The van der Waals surface area contributed by atoms with Gasteiger partial charge in [-0.1, -0.05) is 47.6 Å². The minimum absolute atomic E-state index is 0.0719. The van der Waals surface area contributed by atoms with Crippen molar-refractivity contribution in [2.45, 2.75) is 17.7 Å². The zero-order chi connectivity index (χ0) is 22.8. The van der Waals surface area contributed by atoms with Crippen LogP contribution in [0.2, 0.25) is 0 Å². The molecule has 0 N–H and O–H groups in total. The summed E-state index contributed by atoms with van der Waals surface area (Å²) in [6.45, 7) is 2.38. The third-order valence-electron chi connectivity index (χ3n) is 5.53. The summed E-state index contributed by atoms with van der Waals surface area (Å²) in [6.07, 6.45) is 2.85. The Balaban J connectivity index is 1.13. The highest BCUT2D eigenvalue weighted by atomic mass is 32.2. The second-order valence-corrected chi connectivity index (χ2v) is 10.1. The number of benzene rings is 2. The molecule has 0 spiro atoms. The molecule has 0 atom stereocenters. The van der Waals surface area contributed by atoms with Gasteiger partial charge in [-0.3, -0.25) is 4.90 Å². The molecule has 1 aliphatic rings. The molecule has 0 aliphatic carbocycles. The van der Waals surface area contributed by atoms with Crippen molar-refractivity contribution in [2.24, 2.45) is 0 Å². The van der Waals surface area contributed by atoms with Gasteiger partial charge in [0.05, 0.1) is 5.69 Å². The quantitative estimate of drug-likeness (QED) is 0.410. The lowest BCUT2D eigenvalue weighted by molar-refractivity contribution is 0.0133. The van der Waals surface area contributed by atoms with Crippen LogP contribution in [-0.4, -0.2) is 48.9 Å². The van der Waals surface area contributed by atoms with Crippen LogP contribution in [0.15, 0.2) is 88.5 Å². The van der Waals surface area contributed by atoms with Gasteiger partial charge in [-0.25, -0.2) is 13.4 Å². The molecule has 168 valence electrons. The molecule has 7 nitrogen and oxygen atoms in total. The molecule has 0 amide bonds. The fraction of sp³-hybridized carbons (Fsp3) is 0.200. The van der Waals surface area contributed by atoms with Crippen molar-refractivity contribution in [3.05, 3.63) is 84.7 Å². The predicted molar refractivity (Wildman–Crippen MR) is 124 cm³/mol. The minimum atomic E-state index is -3.30. The van der Waals surface area contributed by atoms with Crippen molar-refractivity contribution in [3.8, 4) is 28.2 Å². The van der Waals surface area contributed by atoms with Gasteiger partial charge in [0.1, 0.15) is 11.9 Å². The van der Waals surface area contributed by atoms with Crippen LogP contribution in [0, 0.1) is 0 Å². The summed E-state index contributed by atoms with van der Waals surface area (Å²) in [5.41, 5.74) is 3.73. The number of aromatic nitrogens is 2.